The minimum absolute atomic E-state index is 0.0211. The van der Waals surface area contributed by atoms with Gasteiger partial charge in [-0.3, -0.25) is 4.79 Å². The van der Waals surface area contributed by atoms with E-state index in [9.17, 15) is 24.6 Å². The quantitative estimate of drug-likeness (QED) is 0.471. The molecule has 3 N–H and O–H groups in total. The SMILES string of the molecule is COc1cccc2c(O)c3c(nc12)O[C@@H]1C[C@@H](C(=O)O)N(C1)C(=O)[C@H](C(C)(C)C)NC(=O)O[C@@H]1C(C)[C@H]1CCCCC3. The number of carbonyl (C=O) groups excluding carboxylic acids is 2. The first-order chi connectivity index (χ1) is 19.9. The number of carboxylic acid groups (broad SMARTS) is 1. The van der Waals surface area contributed by atoms with E-state index in [-0.39, 0.29) is 42.5 Å². The number of fused-ring (bicyclic) bond motifs is 5. The van der Waals surface area contributed by atoms with E-state index in [1.807, 2.05) is 20.8 Å². The largest absolute Gasteiger partial charge is 0.507 e. The minimum atomic E-state index is -1.17. The zero-order valence-electron chi connectivity index (χ0n) is 24.9. The average Bonchev–Trinajstić information content (AvgIpc) is 3.31. The van der Waals surface area contributed by atoms with Crippen LogP contribution in [-0.2, 0) is 20.7 Å². The fourth-order valence-electron chi connectivity index (χ4n) is 6.34. The molecule has 2 amide bonds. The Balaban J connectivity index is 1.53. The standard InChI is InChI=1S/C31H41N3O8/c1-16-18-10-7-6-8-11-20-24(35)19-12-9-13-22(40-5)23(19)32-27(20)41-17-14-21(29(37)38)34(15-17)28(36)26(31(2,3)4)33-30(39)42-25(16)18/h9,12-13,16-18,21,25-26H,6-8,10-11,14-15H2,1-5H3,(H,32,35)(H,33,39)(H,37,38)/t16?,17-,18-,21+,25-,26-/m1/s1. The molecule has 1 unspecified atom stereocenters. The molecule has 1 saturated heterocycles. The van der Waals surface area contributed by atoms with Gasteiger partial charge in [0.1, 0.15) is 41.3 Å². The topological polar surface area (TPSA) is 148 Å². The van der Waals surface area contributed by atoms with Gasteiger partial charge in [0.25, 0.3) is 0 Å². The highest BCUT2D eigenvalue weighted by molar-refractivity contribution is 5.92. The minimum Gasteiger partial charge on any atom is -0.507 e. The van der Waals surface area contributed by atoms with Crippen molar-refractivity contribution in [1.82, 2.24) is 15.2 Å². The van der Waals surface area contributed by atoms with Gasteiger partial charge < -0.3 is 34.6 Å². The van der Waals surface area contributed by atoms with Crippen LogP contribution in [0.1, 0.15) is 65.4 Å². The molecular weight excluding hydrogens is 542 g/mol. The number of para-hydroxylation sites is 1. The predicted octanol–water partition coefficient (Wildman–Crippen LogP) is 4.27. The van der Waals surface area contributed by atoms with Crippen LogP contribution >= 0.6 is 0 Å². The smallest absolute Gasteiger partial charge is 0.408 e. The first-order valence-electron chi connectivity index (χ1n) is 14.8. The number of aromatic nitrogens is 1. The summed E-state index contributed by atoms with van der Waals surface area (Å²) in [5, 5.41) is 24.7. The molecule has 1 aromatic carbocycles. The third kappa shape index (κ3) is 5.78. The lowest BCUT2D eigenvalue weighted by Gasteiger charge is -2.34. The number of benzene rings is 1. The fourth-order valence-corrected chi connectivity index (χ4v) is 6.34. The molecule has 11 heteroatoms. The molecule has 1 aliphatic carbocycles. The summed E-state index contributed by atoms with van der Waals surface area (Å²) in [7, 11) is 1.52. The number of methoxy groups -OCH3 is 1. The number of alkyl carbamates (subject to hydrolysis) is 1. The molecule has 11 nitrogen and oxygen atoms in total. The number of pyridine rings is 1. The van der Waals surface area contributed by atoms with Crippen molar-refractivity contribution in [3.05, 3.63) is 23.8 Å². The molecule has 5 rings (SSSR count). The highest BCUT2D eigenvalue weighted by Crippen LogP contribution is 2.45. The summed E-state index contributed by atoms with van der Waals surface area (Å²) in [4.78, 5) is 45.1. The van der Waals surface area contributed by atoms with Crippen molar-refractivity contribution in [2.75, 3.05) is 13.7 Å². The van der Waals surface area contributed by atoms with Gasteiger partial charge in [0, 0.05) is 17.7 Å². The summed E-state index contributed by atoms with van der Waals surface area (Å²) in [6, 6.07) is 3.13. The molecule has 1 aromatic heterocycles. The zero-order chi connectivity index (χ0) is 30.3. The van der Waals surface area contributed by atoms with Gasteiger partial charge in [-0.05, 0) is 42.7 Å². The number of nitrogens with zero attached hydrogens (tertiary/aromatic N) is 2. The van der Waals surface area contributed by atoms with Crippen molar-refractivity contribution in [2.24, 2.45) is 17.3 Å². The number of ether oxygens (including phenoxy) is 3. The Hall–Kier alpha value is -3.76. The second-order valence-electron chi connectivity index (χ2n) is 12.9. The van der Waals surface area contributed by atoms with Crippen LogP contribution in [0.5, 0.6) is 17.4 Å². The van der Waals surface area contributed by atoms with Gasteiger partial charge in [0.15, 0.2) is 0 Å². The summed E-state index contributed by atoms with van der Waals surface area (Å²) in [6.07, 6.45) is 2.45. The Morgan fingerprint density at radius 1 is 1.17 bits per heavy atom. The van der Waals surface area contributed by atoms with Gasteiger partial charge in [-0.2, -0.15) is 0 Å². The second kappa shape index (κ2) is 11.5. The summed E-state index contributed by atoms with van der Waals surface area (Å²) in [5.41, 5.74) is 0.265. The molecule has 3 heterocycles. The van der Waals surface area contributed by atoms with Crippen molar-refractivity contribution in [3.63, 3.8) is 0 Å². The van der Waals surface area contributed by atoms with Crippen LogP contribution in [0, 0.1) is 17.3 Å². The van der Waals surface area contributed by atoms with Crippen LogP contribution in [0.15, 0.2) is 18.2 Å². The lowest BCUT2D eigenvalue weighted by atomic mass is 9.85. The van der Waals surface area contributed by atoms with E-state index in [0.717, 1.165) is 25.7 Å². The molecule has 1 saturated carbocycles. The van der Waals surface area contributed by atoms with Crippen molar-refractivity contribution >= 4 is 28.9 Å². The van der Waals surface area contributed by atoms with Gasteiger partial charge in [0.2, 0.25) is 11.8 Å². The molecular formula is C31H41N3O8. The molecule has 0 radical (unpaired) electrons. The molecule has 228 valence electrons. The molecule has 0 spiro atoms. The van der Waals surface area contributed by atoms with Gasteiger partial charge in [-0.15, -0.1) is 0 Å². The predicted molar refractivity (Wildman–Crippen MR) is 154 cm³/mol. The van der Waals surface area contributed by atoms with Gasteiger partial charge in [-0.25, -0.2) is 14.6 Å². The van der Waals surface area contributed by atoms with E-state index < -0.39 is 41.6 Å². The van der Waals surface area contributed by atoms with Crippen LogP contribution < -0.4 is 14.8 Å². The third-order valence-corrected chi connectivity index (χ3v) is 8.90. The van der Waals surface area contributed by atoms with Crippen LogP contribution in [0.3, 0.4) is 0 Å². The Kier molecular flexibility index (Phi) is 8.13. The lowest BCUT2D eigenvalue weighted by molar-refractivity contribution is -0.150. The summed E-state index contributed by atoms with van der Waals surface area (Å²) in [5.74, 6) is -0.475. The van der Waals surface area contributed by atoms with E-state index in [2.05, 4.69) is 12.2 Å². The maximum absolute atomic E-state index is 13.9. The molecule has 2 aromatic rings. The number of aromatic hydroxyl groups is 1. The van der Waals surface area contributed by atoms with Gasteiger partial charge >= 0.3 is 12.1 Å². The molecule has 2 bridgehead atoms. The average molecular weight is 584 g/mol. The first kappa shape index (κ1) is 29.7. The fraction of sp³-hybridized carbons (Fsp3) is 0.613. The van der Waals surface area contributed by atoms with E-state index in [4.69, 9.17) is 19.2 Å². The molecule has 2 fully saturated rings. The van der Waals surface area contributed by atoms with E-state index >= 15 is 0 Å². The number of carbonyl (C=O) groups is 3. The maximum atomic E-state index is 13.9. The van der Waals surface area contributed by atoms with Crippen LogP contribution in [0.25, 0.3) is 10.9 Å². The number of hydrogen-bond donors (Lipinski definition) is 3. The molecule has 6 atom stereocenters. The Morgan fingerprint density at radius 3 is 2.62 bits per heavy atom. The number of aliphatic carboxylic acids is 1. The molecule has 2 aliphatic heterocycles. The van der Waals surface area contributed by atoms with Gasteiger partial charge in [-0.1, -0.05) is 46.6 Å². The van der Waals surface area contributed by atoms with Gasteiger partial charge in [0.05, 0.1) is 19.2 Å². The summed E-state index contributed by atoms with van der Waals surface area (Å²) < 4.78 is 17.5. The number of rotatable bonds is 2. The maximum Gasteiger partial charge on any atom is 0.408 e. The molecule has 42 heavy (non-hydrogen) atoms. The van der Waals surface area contributed by atoms with E-state index in [1.54, 1.807) is 18.2 Å². The van der Waals surface area contributed by atoms with Crippen molar-refractivity contribution in [2.45, 2.75) is 90.5 Å². The Morgan fingerprint density at radius 2 is 1.93 bits per heavy atom. The number of amides is 2. The zero-order valence-corrected chi connectivity index (χ0v) is 24.9. The highest BCUT2D eigenvalue weighted by Gasteiger charge is 2.50. The van der Waals surface area contributed by atoms with Crippen LogP contribution in [0.4, 0.5) is 4.79 Å². The Labute approximate surface area is 245 Å². The van der Waals surface area contributed by atoms with Crippen molar-refractivity contribution in [3.8, 4) is 17.4 Å². The number of carboxylic acids is 1. The highest BCUT2D eigenvalue weighted by atomic mass is 16.6. The monoisotopic (exact) mass is 583 g/mol. The van der Waals surface area contributed by atoms with Crippen molar-refractivity contribution in [1.29, 1.82) is 0 Å². The lowest BCUT2D eigenvalue weighted by Crippen LogP contribution is -2.57. The van der Waals surface area contributed by atoms with Crippen LogP contribution in [-0.4, -0.2) is 76.0 Å². The second-order valence-corrected chi connectivity index (χ2v) is 12.9. The Bertz CT molecular complexity index is 1370. The normalized spacial score (nSPS) is 28.8. The summed E-state index contributed by atoms with van der Waals surface area (Å²) >= 11 is 0. The summed E-state index contributed by atoms with van der Waals surface area (Å²) in [6.45, 7) is 7.46. The van der Waals surface area contributed by atoms with Crippen molar-refractivity contribution < 1.29 is 38.8 Å². The first-order valence-corrected chi connectivity index (χ1v) is 14.8. The van der Waals surface area contributed by atoms with E-state index in [0.29, 0.717) is 28.6 Å². The third-order valence-electron chi connectivity index (χ3n) is 8.90. The number of hydrogen-bond acceptors (Lipinski definition) is 8. The van der Waals surface area contributed by atoms with E-state index in [1.165, 1.54) is 12.0 Å². The number of nitrogens with one attached hydrogen (secondary N) is 1. The van der Waals surface area contributed by atoms with Crippen LogP contribution in [0.2, 0.25) is 0 Å². The molecule has 3 aliphatic rings.